The van der Waals surface area contributed by atoms with E-state index in [0.717, 1.165) is 16.6 Å². The van der Waals surface area contributed by atoms with Crippen LogP contribution in [0.2, 0.25) is 0 Å². The first-order valence-electron chi connectivity index (χ1n) is 6.06. The maximum absolute atomic E-state index is 13.0. The quantitative estimate of drug-likeness (QED) is 0.674. The fourth-order valence-electron chi connectivity index (χ4n) is 1.80. The number of nitrogens with two attached hydrogens (primary N) is 1. The summed E-state index contributed by atoms with van der Waals surface area (Å²) in [5.74, 6) is -0.509. The Kier molecular flexibility index (Phi) is 4.80. The Morgan fingerprint density at radius 2 is 2.05 bits per heavy atom. The van der Waals surface area contributed by atoms with Gasteiger partial charge in [-0.1, -0.05) is 15.9 Å². The molecule has 0 saturated heterocycles. The molecule has 0 unspecified atom stereocenters. The molecule has 0 heterocycles. The molecule has 2 aromatic rings. The van der Waals surface area contributed by atoms with E-state index in [0.29, 0.717) is 11.3 Å². The van der Waals surface area contributed by atoms with Crippen LogP contribution < -0.4 is 10.5 Å². The third-order valence-corrected chi connectivity index (χ3v) is 3.33. The summed E-state index contributed by atoms with van der Waals surface area (Å²) in [4.78, 5) is 12.0. The molecule has 0 spiro atoms. The van der Waals surface area contributed by atoms with E-state index < -0.39 is 11.8 Å². The molecule has 0 atom stereocenters. The highest BCUT2D eigenvalue weighted by Gasteiger charge is 2.13. The van der Waals surface area contributed by atoms with Gasteiger partial charge in [-0.2, -0.15) is 0 Å². The maximum atomic E-state index is 13.0. The summed E-state index contributed by atoms with van der Waals surface area (Å²) in [5.41, 5.74) is 6.48. The van der Waals surface area contributed by atoms with Gasteiger partial charge in [0.25, 0.3) is 0 Å². The van der Waals surface area contributed by atoms with Crippen LogP contribution in [0.25, 0.3) is 0 Å². The topological polar surface area (TPSA) is 61.5 Å². The van der Waals surface area contributed by atoms with Crippen molar-refractivity contribution in [3.63, 3.8) is 0 Å². The smallest absolute Gasteiger partial charge is 0.340 e. The van der Waals surface area contributed by atoms with E-state index in [9.17, 15) is 9.18 Å². The van der Waals surface area contributed by atoms with Crippen molar-refractivity contribution in [3.8, 4) is 5.75 Å². The minimum absolute atomic E-state index is 0.0261. The number of carbonyl (C=O) groups is 1. The van der Waals surface area contributed by atoms with Crippen LogP contribution >= 0.6 is 15.9 Å². The van der Waals surface area contributed by atoms with Gasteiger partial charge in [0.1, 0.15) is 18.2 Å². The molecule has 0 bridgehead atoms. The number of ether oxygens (including phenoxy) is 2. The molecule has 0 aliphatic heterocycles. The molecule has 2 rings (SSSR count). The van der Waals surface area contributed by atoms with Gasteiger partial charge in [-0.15, -0.1) is 0 Å². The molecule has 0 aromatic heterocycles. The summed E-state index contributed by atoms with van der Waals surface area (Å²) in [5, 5.41) is 0. The van der Waals surface area contributed by atoms with Crippen LogP contribution in [0.5, 0.6) is 5.75 Å². The van der Waals surface area contributed by atoms with Crippen LogP contribution in [0.4, 0.5) is 10.1 Å². The lowest BCUT2D eigenvalue weighted by molar-refractivity contribution is 0.0471. The Hall–Kier alpha value is -2.08. The van der Waals surface area contributed by atoms with Gasteiger partial charge in [-0.3, -0.25) is 0 Å². The summed E-state index contributed by atoms with van der Waals surface area (Å²) < 4.78 is 24.2. The number of methoxy groups -OCH3 is 1. The number of rotatable bonds is 4. The summed E-state index contributed by atoms with van der Waals surface area (Å²) in [6.45, 7) is 0.0261. The monoisotopic (exact) mass is 353 g/mol. The third kappa shape index (κ3) is 3.72. The molecule has 2 N–H and O–H groups in total. The Balaban J connectivity index is 2.12. The van der Waals surface area contributed by atoms with E-state index >= 15 is 0 Å². The maximum Gasteiger partial charge on any atom is 0.340 e. The van der Waals surface area contributed by atoms with Crippen molar-refractivity contribution in [1.82, 2.24) is 0 Å². The van der Waals surface area contributed by atoms with E-state index in [2.05, 4.69) is 15.9 Å². The third-order valence-electron chi connectivity index (χ3n) is 2.83. The van der Waals surface area contributed by atoms with Gasteiger partial charge in [0.15, 0.2) is 0 Å². The fraction of sp³-hybridized carbons (Fsp3) is 0.133. The lowest BCUT2D eigenvalue weighted by Crippen LogP contribution is -2.09. The summed E-state index contributed by atoms with van der Waals surface area (Å²) in [6, 6.07) is 8.91. The molecule has 21 heavy (non-hydrogen) atoms. The number of esters is 1. The Morgan fingerprint density at radius 1 is 1.29 bits per heavy atom. The number of anilines is 1. The molecule has 6 heteroatoms. The normalized spacial score (nSPS) is 10.2. The SMILES string of the molecule is COc1ccc(Br)cc1COC(=O)c1ccc(F)cc1N. The molecule has 2 aromatic carbocycles. The molecule has 0 radical (unpaired) electrons. The molecule has 0 aliphatic carbocycles. The summed E-state index contributed by atoms with van der Waals surface area (Å²) in [6.07, 6.45) is 0. The van der Waals surface area contributed by atoms with Gasteiger partial charge in [0.05, 0.1) is 12.7 Å². The number of halogens is 2. The highest BCUT2D eigenvalue weighted by Crippen LogP contribution is 2.24. The molecular formula is C15H13BrFNO3. The van der Waals surface area contributed by atoms with Gasteiger partial charge < -0.3 is 15.2 Å². The summed E-state index contributed by atoms with van der Waals surface area (Å²) in [7, 11) is 1.53. The minimum Gasteiger partial charge on any atom is -0.496 e. The zero-order valence-electron chi connectivity index (χ0n) is 11.2. The highest BCUT2D eigenvalue weighted by molar-refractivity contribution is 9.10. The molecular weight excluding hydrogens is 341 g/mol. The standard InChI is InChI=1S/C15H13BrFNO3/c1-20-14-5-2-10(16)6-9(14)8-21-15(19)12-4-3-11(17)7-13(12)18/h2-7H,8,18H2,1H3. The number of nitrogen functional groups attached to an aromatic ring is 1. The molecule has 110 valence electrons. The first-order valence-corrected chi connectivity index (χ1v) is 6.85. The first kappa shape index (κ1) is 15.3. The molecule has 0 fully saturated rings. The second kappa shape index (κ2) is 6.58. The number of carbonyl (C=O) groups excluding carboxylic acids is 1. The van der Waals surface area contributed by atoms with Crippen LogP contribution in [-0.2, 0) is 11.3 Å². The largest absolute Gasteiger partial charge is 0.496 e. The molecule has 0 saturated carbocycles. The van der Waals surface area contributed by atoms with Crippen molar-refractivity contribution < 1.29 is 18.7 Å². The zero-order chi connectivity index (χ0) is 15.4. The van der Waals surface area contributed by atoms with Crippen LogP contribution in [-0.4, -0.2) is 13.1 Å². The van der Waals surface area contributed by atoms with E-state index in [-0.39, 0.29) is 17.9 Å². The Labute approximate surface area is 129 Å². The lowest BCUT2D eigenvalue weighted by Gasteiger charge is -2.10. The minimum atomic E-state index is -0.616. The second-order valence-electron chi connectivity index (χ2n) is 4.26. The average Bonchev–Trinajstić information content (AvgIpc) is 2.45. The summed E-state index contributed by atoms with van der Waals surface area (Å²) >= 11 is 3.34. The van der Waals surface area contributed by atoms with E-state index in [4.69, 9.17) is 15.2 Å². The molecule has 0 amide bonds. The van der Waals surface area contributed by atoms with Crippen LogP contribution in [0.1, 0.15) is 15.9 Å². The van der Waals surface area contributed by atoms with Crippen LogP contribution in [0.3, 0.4) is 0 Å². The van der Waals surface area contributed by atoms with Gasteiger partial charge in [-0.05, 0) is 36.4 Å². The van der Waals surface area contributed by atoms with Crippen molar-refractivity contribution >= 4 is 27.6 Å². The van der Waals surface area contributed by atoms with Gasteiger partial charge in [0.2, 0.25) is 0 Å². The molecule has 0 aliphatic rings. The van der Waals surface area contributed by atoms with Gasteiger partial charge >= 0.3 is 5.97 Å². The zero-order valence-corrected chi connectivity index (χ0v) is 12.8. The van der Waals surface area contributed by atoms with Crippen molar-refractivity contribution in [2.24, 2.45) is 0 Å². The van der Waals surface area contributed by atoms with E-state index in [1.807, 2.05) is 6.07 Å². The van der Waals surface area contributed by atoms with Gasteiger partial charge in [-0.25, -0.2) is 9.18 Å². The lowest BCUT2D eigenvalue weighted by atomic mass is 10.2. The predicted octanol–water partition coefficient (Wildman–Crippen LogP) is 3.54. The number of hydrogen-bond acceptors (Lipinski definition) is 4. The Morgan fingerprint density at radius 3 is 2.71 bits per heavy atom. The number of benzene rings is 2. The van der Waals surface area contributed by atoms with E-state index in [1.54, 1.807) is 12.1 Å². The highest BCUT2D eigenvalue weighted by atomic mass is 79.9. The second-order valence-corrected chi connectivity index (χ2v) is 5.18. The van der Waals surface area contributed by atoms with E-state index in [1.165, 1.54) is 13.2 Å². The predicted molar refractivity (Wildman–Crippen MR) is 80.6 cm³/mol. The molecule has 4 nitrogen and oxygen atoms in total. The fourth-order valence-corrected chi connectivity index (χ4v) is 2.21. The number of hydrogen-bond donors (Lipinski definition) is 1. The van der Waals surface area contributed by atoms with Crippen molar-refractivity contribution in [1.29, 1.82) is 0 Å². The van der Waals surface area contributed by atoms with Crippen molar-refractivity contribution in [2.75, 3.05) is 12.8 Å². The van der Waals surface area contributed by atoms with Crippen LogP contribution in [0, 0.1) is 5.82 Å². The average molecular weight is 354 g/mol. The van der Waals surface area contributed by atoms with Crippen molar-refractivity contribution in [2.45, 2.75) is 6.61 Å². The first-order chi connectivity index (χ1) is 10.0. The van der Waals surface area contributed by atoms with Gasteiger partial charge in [0, 0.05) is 15.7 Å². The van der Waals surface area contributed by atoms with Crippen molar-refractivity contribution in [3.05, 3.63) is 57.8 Å². The van der Waals surface area contributed by atoms with Crippen LogP contribution in [0.15, 0.2) is 40.9 Å². The Bertz CT molecular complexity index is 676.